The van der Waals surface area contributed by atoms with Gasteiger partial charge in [0.25, 0.3) is 5.91 Å². The molecule has 2 aromatic rings. The van der Waals surface area contributed by atoms with Gasteiger partial charge in [-0.1, -0.05) is 34.8 Å². The molecule has 0 aromatic heterocycles. The molecule has 0 heterocycles. The van der Waals surface area contributed by atoms with E-state index in [1.54, 1.807) is 12.1 Å². The van der Waals surface area contributed by atoms with Crippen LogP contribution in [0.4, 0.5) is 5.69 Å². The number of carbonyl (C=O) groups is 1. The standard InChI is InChI=1S/C13H8Cl3NO2/c14-7-1-4-12(11(16)5-7)17-13(19)9-6-8(18)2-3-10(9)15/h1-6,18H,(H,17,19). The zero-order valence-electron chi connectivity index (χ0n) is 9.45. The summed E-state index contributed by atoms with van der Waals surface area (Å²) in [5.74, 6) is -0.512. The van der Waals surface area contributed by atoms with Crippen molar-refractivity contribution in [2.24, 2.45) is 0 Å². The fourth-order valence-electron chi connectivity index (χ4n) is 1.47. The van der Waals surface area contributed by atoms with Crippen LogP contribution in [0.15, 0.2) is 36.4 Å². The second-order valence-electron chi connectivity index (χ2n) is 3.74. The number of carbonyl (C=O) groups excluding carboxylic acids is 1. The molecule has 2 rings (SSSR count). The molecule has 0 aliphatic heterocycles. The highest BCUT2D eigenvalue weighted by Gasteiger charge is 2.13. The third kappa shape index (κ3) is 3.32. The average molecular weight is 317 g/mol. The number of nitrogens with one attached hydrogen (secondary N) is 1. The first kappa shape index (κ1) is 14.0. The van der Waals surface area contributed by atoms with Crippen molar-refractivity contribution in [2.75, 3.05) is 5.32 Å². The van der Waals surface area contributed by atoms with Crippen LogP contribution in [-0.4, -0.2) is 11.0 Å². The van der Waals surface area contributed by atoms with Crippen molar-refractivity contribution in [3.63, 3.8) is 0 Å². The summed E-state index contributed by atoms with van der Waals surface area (Å²) in [5, 5.41) is 13.0. The van der Waals surface area contributed by atoms with Gasteiger partial charge in [-0.3, -0.25) is 4.79 Å². The molecule has 0 fully saturated rings. The van der Waals surface area contributed by atoms with E-state index in [-0.39, 0.29) is 16.3 Å². The van der Waals surface area contributed by atoms with Gasteiger partial charge in [0.15, 0.2) is 0 Å². The molecular weight excluding hydrogens is 309 g/mol. The van der Waals surface area contributed by atoms with E-state index in [4.69, 9.17) is 34.8 Å². The number of halogens is 3. The van der Waals surface area contributed by atoms with Crippen molar-refractivity contribution in [1.29, 1.82) is 0 Å². The van der Waals surface area contributed by atoms with E-state index < -0.39 is 5.91 Å². The van der Waals surface area contributed by atoms with Gasteiger partial charge in [-0.25, -0.2) is 0 Å². The zero-order chi connectivity index (χ0) is 14.0. The van der Waals surface area contributed by atoms with E-state index >= 15 is 0 Å². The van der Waals surface area contributed by atoms with Gasteiger partial charge in [0.2, 0.25) is 0 Å². The van der Waals surface area contributed by atoms with Crippen LogP contribution in [-0.2, 0) is 0 Å². The van der Waals surface area contributed by atoms with E-state index in [2.05, 4.69) is 5.32 Å². The van der Waals surface area contributed by atoms with E-state index in [1.165, 1.54) is 24.3 Å². The van der Waals surface area contributed by atoms with Gasteiger partial charge < -0.3 is 10.4 Å². The van der Waals surface area contributed by atoms with Crippen molar-refractivity contribution in [1.82, 2.24) is 0 Å². The Kier molecular flexibility index (Phi) is 4.20. The molecule has 6 heteroatoms. The number of phenols is 1. The first-order chi connectivity index (χ1) is 8.97. The molecule has 0 bridgehead atoms. The predicted molar refractivity (Wildman–Crippen MR) is 77.5 cm³/mol. The lowest BCUT2D eigenvalue weighted by Gasteiger charge is -2.09. The van der Waals surface area contributed by atoms with Gasteiger partial charge in [0.1, 0.15) is 5.75 Å². The molecule has 0 radical (unpaired) electrons. The van der Waals surface area contributed by atoms with E-state index in [9.17, 15) is 9.90 Å². The minimum Gasteiger partial charge on any atom is -0.508 e. The molecule has 0 saturated heterocycles. The minimum atomic E-state index is -0.467. The van der Waals surface area contributed by atoms with Crippen molar-refractivity contribution in [3.8, 4) is 5.75 Å². The van der Waals surface area contributed by atoms with Gasteiger partial charge in [0, 0.05) is 5.02 Å². The molecule has 0 saturated carbocycles. The van der Waals surface area contributed by atoms with E-state index in [0.29, 0.717) is 15.7 Å². The fourth-order valence-corrected chi connectivity index (χ4v) is 2.13. The lowest BCUT2D eigenvalue weighted by Crippen LogP contribution is -2.12. The van der Waals surface area contributed by atoms with Crippen LogP contribution in [0.2, 0.25) is 15.1 Å². The van der Waals surface area contributed by atoms with Crippen molar-refractivity contribution < 1.29 is 9.90 Å². The Morgan fingerprint density at radius 1 is 1.00 bits per heavy atom. The van der Waals surface area contributed by atoms with Crippen molar-refractivity contribution >= 4 is 46.4 Å². The second-order valence-corrected chi connectivity index (χ2v) is 4.99. The molecule has 98 valence electrons. The summed E-state index contributed by atoms with van der Waals surface area (Å²) in [6, 6.07) is 8.82. The molecule has 0 aliphatic rings. The molecule has 0 unspecified atom stereocenters. The monoisotopic (exact) mass is 315 g/mol. The Balaban J connectivity index is 2.28. The van der Waals surface area contributed by atoms with Gasteiger partial charge in [-0.2, -0.15) is 0 Å². The quantitative estimate of drug-likeness (QED) is 0.850. The number of phenolic OH excluding ortho intramolecular Hbond substituents is 1. The third-order valence-corrected chi connectivity index (χ3v) is 3.25. The maximum absolute atomic E-state index is 12.0. The summed E-state index contributed by atoms with van der Waals surface area (Å²) < 4.78 is 0. The Hall–Kier alpha value is -1.42. The molecule has 0 aliphatic carbocycles. The third-order valence-electron chi connectivity index (χ3n) is 2.37. The summed E-state index contributed by atoms with van der Waals surface area (Å²) in [7, 11) is 0. The zero-order valence-corrected chi connectivity index (χ0v) is 11.7. The van der Waals surface area contributed by atoms with E-state index in [1.807, 2.05) is 0 Å². The number of aromatic hydroxyl groups is 1. The van der Waals surface area contributed by atoms with Crippen molar-refractivity contribution in [2.45, 2.75) is 0 Å². The summed E-state index contributed by atoms with van der Waals surface area (Å²) in [4.78, 5) is 12.0. The summed E-state index contributed by atoms with van der Waals surface area (Å²) in [5.41, 5.74) is 0.572. The van der Waals surface area contributed by atoms with Gasteiger partial charge in [-0.15, -0.1) is 0 Å². The SMILES string of the molecule is O=C(Nc1ccc(Cl)cc1Cl)c1cc(O)ccc1Cl. The number of anilines is 1. The first-order valence-electron chi connectivity index (χ1n) is 5.22. The van der Waals surface area contributed by atoms with Gasteiger partial charge in [0.05, 0.1) is 21.3 Å². The van der Waals surface area contributed by atoms with Gasteiger partial charge in [-0.05, 0) is 36.4 Å². The van der Waals surface area contributed by atoms with E-state index in [0.717, 1.165) is 0 Å². The Labute approximate surface area is 124 Å². The lowest BCUT2D eigenvalue weighted by molar-refractivity contribution is 0.102. The number of amides is 1. The first-order valence-corrected chi connectivity index (χ1v) is 6.35. The smallest absolute Gasteiger partial charge is 0.257 e. The average Bonchev–Trinajstić information content (AvgIpc) is 2.35. The molecule has 19 heavy (non-hydrogen) atoms. The molecule has 2 N–H and O–H groups in total. The van der Waals surface area contributed by atoms with Crippen LogP contribution in [0.1, 0.15) is 10.4 Å². The number of rotatable bonds is 2. The van der Waals surface area contributed by atoms with Crippen LogP contribution in [0, 0.1) is 0 Å². The van der Waals surface area contributed by atoms with Crippen LogP contribution in [0.3, 0.4) is 0 Å². The molecule has 3 nitrogen and oxygen atoms in total. The molecular formula is C13H8Cl3NO2. The number of hydrogen-bond donors (Lipinski definition) is 2. The number of hydrogen-bond acceptors (Lipinski definition) is 2. The maximum Gasteiger partial charge on any atom is 0.257 e. The minimum absolute atomic E-state index is 0.0447. The molecule has 2 aromatic carbocycles. The highest BCUT2D eigenvalue weighted by atomic mass is 35.5. The predicted octanol–water partition coefficient (Wildman–Crippen LogP) is 4.60. The highest BCUT2D eigenvalue weighted by molar-refractivity contribution is 6.37. The number of benzene rings is 2. The van der Waals surface area contributed by atoms with Crippen LogP contribution < -0.4 is 5.32 Å². The largest absolute Gasteiger partial charge is 0.508 e. The van der Waals surface area contributed by atoms with Crippen LogP contribution >= 0.6 is 34.8 Å². The van der Waals surface area contributed by atoms with Gasteiger partial charge >= 0.3 is 0 Å². The summed E-state index contributed by atoms with van der Waals surface area (Å²) >= 11 is 17.6. The highest BCUT2D eigenvalue weighted by Crippen LogP contribution is 2.27. The summed E-state index contributed by atoms with van der Waals surface area (Å²) in [6.07, 6.45) is 0. The van der Waals surface area contributed by atoms with Crippen LogP contribution in [0.25, 0.3) is 0 Å². The fraction of sp³-hybridized carbons (Fsp3) is 0. The van der Waals surface area contributed by atoms with Crippen LogP contribution in [0.5, 0.6) is 5.75 Å². The summed E-state index contributed by atoms with van der Waals surface area (Å²) in [6.45, 7) is 0. The Morgan fingerprint density at radius 3 is 2.42 bits per heavy atom. The van der Waals surface area contributed by atoms with Crippen molar-refractivity contribution in [3.05, 3.63) is 57.0 Å². The Bertz CT molecular complexity index is 644. The maximum atomic E-state index is 12.0. The molecule has 0 spiro atoms. The Morgan fingerprint density at radius 2 is 1.74 bits per heavy atom. The molecule has 1 amide bonds. The normalized spacial score (nSPS) is 10.3. The molecule has 0 atom stereocenters. The lowest BCUT2D eigenvalue weighted by atomic mass is 10.2. The topological polar surface area (TPSA) is 49.3 Å². The second kappa shape index (κ2) is 5.70.